The SMILES string of the molecule is CC1CCC(C)CC1.CC1CCC(C)CC1.Cc1cc(F)c(C)c(F)c1.Cc1cnc(C)nc1. The molecule has 1 heterocycles. The van der Waals surface area contributed by atoms with E-state index in [1.54, 1.807) is 6.92 Å². The lowest BCUT2D eigenvalue weighted by Crippen LogP contribution is -2.08. The van der Waals surface area contributed by atoms with Gasteiger partial charge in [0.15, 0.2) is 0 Å². The summed E-state index contributed by atoms with van der Waals surface area (Å²) in [5.41, 5.74) is 1.81. The second-order valence-electron chi connectivity index (χ2n) is 10.9. The van der Waals surface area contributed by atoms with Crippen LogP contribution >= 0.6 is 0 Å². The first kappa shape index (κ1) is 30.2. The second-order valence-corrected chi connectivity index (χ2v) is 10.9. The van der Waals surface area contributed by atoms with E-state index in [-0.39, 0.29) is 5.56 Å². The Morgan fingerprint density at radius 3 is 1.12 bits per heavy atom. The van der Waals surface area contributed by atoms with E-state index in [0.717, 1.165) is 35.1 Å². The molecule has 0 spiro atoms. The van der Waals surface area contributed by atoms with Crippen molar-refractivity contribution in [2.24, 2.45) is 23.7 Å². The largest absolute Gasteiger partial charge is 0.241 e. The van der Waals surface area contributed by atoms with Crippen molar-refractivity contribution in [2.45, 2.75) is 107 Å². The van der Waals surface area contributed by atoms with Gasteiger partial charge >= 0.3 is 0 Å². The van der Waals surface area contributed by atoms with Gasteiger partial charge in [-0.2, -0.15) is 0 Å². The van der Waals surface area contributed by atoms with Gasteiger partial charge in [0.25, 0.3) is 0 Å². The summed E-state index contributed by atoms with van der Waals surface area (Å²) in [6, 6.07) is 2.64. The topological polar surface area (TPSA) is 25.8 Å². The first-order chi connectivity index (χ1) is 16.0. The van der Waals surface area contributed by atoms with Crippen LogP contribution in [-0.4, -0.2) is 9.97 Å². The fourth-order valence-electron chi connectivity index (χ4n) is 4.08. The van der Waals surface area contributed by atoms with E-state index >= 15 is 0 Å². The van der Waals surface area contributed by atoms with Gasteiger partial charge in [-0.25, -0.2) is 18.7 Å². The lowest BCUT2D eigenvalue weighted by atomic mass is 9.84. The van der Waals surface area contributed by atoms with E-state index in [1.165, 1.54) is 70.4 Å². The molecule has 0 radical (unpaired) electrons. The van der Waals surface area contributed by atoms with Crippen molar-refractivity contribution in [3.63, 3.8) is 0 Å². The predicted octanol–water partition coefficient (Wildman–Crippen LogP) is 9.34. The lowest BCUT2D eigenvalue weighted by molar-refractivity contribution is 0.308. The first-order valence-electron chi connectivity index (χ1n) is 13.1. The van der Waals surface area contributed by atoms with E-state index in [9.17, 15) is 8.78 Å². The quantitative estimate of drug-likeness (QED) is 0.380. The minimum Gasteiger partial charge on any atom is -0.241 e. The number of hydrogen-bond acceptors (Lipinski definition) is 2. The third-order valence-corrected chi connectivity index (χ3v) is 6.94. The Kier molecular flexibility index (Phi) is 14.2. The molecule has 0 N–H and O–H groups in total. The third kappa shape index (κ3) is 13.2. The Labute approximate surface area is 208 Å². The summed E-state index contributed by atoms with van der Waals surface area (Å²) < 4.78 is 25.2. The highest BCUT2D eigenvalue weighted by atomic mass is 19.1. The molecule has 2 saturated carbocycles. The maximum atomic E-state index is 12.6. The van der Waals surface area contributed by atoms with Crippen LogP contribution in [0.3, 0.4) is 0 Å². The molecule has 0 bridgehead atoms. The second kappa shape index (κ2) is 15.9. The Morgan fingerprint density at radius 1 is 0.559 bits per heavy atom. The molecule has 2 aliphatic carbocycles. The lowest BCUT2D eigenvalue weighted by Gasteiger charge is -2.22. The normalized spacial score (nSPS) is 23.8. The van der Waals surface area contributed by atoms with Crippen LogP contribution in [0.2, 0.25) is 0 Å². The monoisotopic (exact) mass is 474 g/mol. The summed E-state index contributed by atoms with van der Waals surface area (Å²) in [5, 5.41) is 0. The smallest absolute Gasteiger partial charge is 0.129 e. The maximum Gasteiger partial charge on any atom is 0.129 e. The molecule has 0 atom stereocenters. The molecule has 34 heavy (non-hydrogen) atoms. The summed E-state index contributed by atoms with van der Waals surface area (Å²) in [7, 11) is 0. The fraction of sp³-hybridized carbons (Fsp3) is 0.667. The van der Waals surface area contributed by atoms with Crippen molar-refractivity contribution in [1.82, 2.24) is 9.97 Å². The molecule has 0 aliphatic heterocycles. The zero-order chi connectivity index (χ0) is 25.7. The van der Waals surface area contributed by atoms with Gasteiger partial charge in [0.05, 0.1) is 0 Å². The average Bonchev–Trinajstić information content (AvgIpc) is 2.79. The van der Waals surface area contributed by atoms with Gasteiger partial charge in [-0.05, 0) is 74.6 Å². The van der Waals surface area contributed by atoms with Gasteiger partial charge in [0.1, 0.15) is 17.5 Å². The first-order valence-corrected chi connectivity index (χ1v) is 13.1. The number of rotatable bonds is 0. The molecule has 0 unspecified atom stereocenters. The van der Waals surface area contributed by atoms with Crippen molar-refractivity contribution in [1.29, 1.82) is 0 Å². The maximum absolute atomic E-state index is 12.6. The molecule has 192 valence electrons. The summed E-state index contributed by atoms with van der Waals surface area (Å²) in [5.74, 6) is 3.96. The number of aryl methyl sites for hydroxylation is 3. The molecule has 4 heteroatoms. The molecule has 4 rings (SSSR count). The number of nitrogens with zero attached hydrogens (tertiary/aromatic N) is 2. The average molecular weight is 475 g/mol. The zero-order valence-electron chi connectivity index (χ0n) is 22.9. The summed E-state index contributed by atoms with van der Waals surface area (Å²) in [6.07, 6.45) is 15.4. The van der Waals surface area contributed by atoms with Crippen LogP contribution in [-0.2, 0) is 0 Å². The summed E-state index contributed by atoms with van der Waals surface area (Å²) in [6.45, 7) is 16.4. The number of halogens is 2. The van der Waals surface area contributed by atoms with Crippen LogP contribution in [0, 0.1) is 63.0 Å². The van der Waals surface area contributed by atoms with Gasteiger partial charge in [0.2, 0.25) is 0 Å². The molecule has 0 amide bonds. The van der Waals surface area contributed by atoms with E-state index in [4.69, 9.17) is 0 Å². The minimum atomic E-state index is -0.475. The Morgan fingerprint density at radius 2 is 0.853 bits per heavy atom. The summed E-state index contributed by atoms with van der Waals surface area (Å²) >= 11 is 0. The Hall–Kier alpha value is -1.84. The van der Waals surface area contributed by atoms with Gasteiger partial charge in [-0.15, -0.1) is 0 Å². The predicted molar refractivity (Wildman–Crippen MR) is 141 cm³/mol. The van der Waals surface area contributed by atoms with Crippen LogP contribution in [0.15, 0.2) is 24.5 Å². The molecular formula is C30H48F2N2. The molecule has 1 aromatic carbocycles. The highest BCUT2D eigenvalue weighted by Crippen LogP contribution is 2.27. The highest BCUT2D eigenvalue weighted by molar-refractivity contribution is 5.23. The van der Waals surface area contributed by atoms with Crippen LogP contribution in [0.5, 0.6) is 0 Å². The molecule has 2 fully saturated rings. The van der Waals surface area contributed by atoms with Crippen LogP contribution in [0.4, 0.5) is 8.78 Å². The number of benzene rings is 1. The van der Waals surface area contributed by atoms with Crippen molar-refractivity contribution in [3.8, 4) is 0 Å². The molecule has 1 aromatic heterocycles. The van der Waals surface area contributed by atoms with Gasteiger partial charge in [0, 0.05) is 18.0 Å². The molecular weight excluding hydrogens is 426 g/mol. The van der Waals surface area contributed by atoms with E-state index in [0.29, 0.717) is 5.56 Å². The van der Waals surface area contributed by atoms with Gasteiger partial charge in [-0.1, -0.05) is 79.1 Å². The number of hydrogen-bond donors (Lipinski definition) is 0. The van der Waals surface area contributed by atoms with Crippen molar-refractivity contribution in [3.05, 3.63) is 58.7 Å². The van der Waals surface area contributed by atoms with Gasteiger partial charge < -0.3 is 0 Å². The molecule has 2 nitrogen and oxygen atoms in total. The molecule has 2 aromatic rings. The van der Waals surface area contributed by atoms with Crippen molar-refractivity contribution < 1.29 is 8.78 Å². The van der Waals surface area contributed by atoms with E-state index in [2.05, 4.69) is 37.7 Å². The fourth-order valence-corrected chi connectivity index (χ4v) is 4.08. The van der Waals surface area contributed by atoms with Gasteiger partial charge in [-0.3, -0.25) is 0 Å². The molecule has 0 saturated heterocycles. The van der Waals surface area contributed by atoms with E-state index in [1.807, 2.05) is 26.2 Å². The standard InChI is InChI=1S/C8H8F2.2C8H16.C6H8N2/c1-5-3-7(9)6(2)8(10)4-5;2*1-7-3-5-8(2)6-4-7;1-5-3-7-6(2)8-4-5/h3-4H,1-2H3;2*7-8H,3-6H2,1-2H3;3-4H,1-2H3. The highest BCUT2D eigenvalue weighted by Gasteiger charge is 2.13. The number of aromatic nitrogens is 2. The summed E-state index contributed by atoms with van der Waals surface area (Å²) in [4.78, 5) is 7.94. The van der Waals surface area contributed by atoms with Crippen LogP contribution < -0.4 is 0 Å². The Balaban J connectivity index is 0.000000228. The zero-order valence-corrected chi connectivity index (χ0v) is 22.9. The Bertz CT molecular complexity index is 719. The van der Waals surface area contributed by atoms with Crippen molar-refractivity contribution in [2.75, 3.05) is 0 Å². The molecule has 2 aliphatic rings. The van der Waals surface area contributed by atoms with E-state index < -0.39 is 11.6 Å². The van der Waals surface area contributed by atoms with Crippen LogP contribution in [0.1, 0.15) is 102 Å². The van der Waals surface area contributed by atoms with Crippen molar-refractivity contribution >= 4 is 0 Å². The van der Waals surface area contributed by atoms with Crippen LogP contribution in [0.25, 0.3) is 0 Å². The third-order valence-electron chi connectivity index (χ3n) is 6.94. The minimum absolute atomic E-state index is 0.0885.